The third kappa shape index (κ3) is 3.40. The van der Waals surface area contributed by atoms with Crippen LogP contribution in [-0.2, 0) is 7.05 Å². The fraction of sp³-hybridized carbons (Fsp3) is 0.278. The van der Waals surface area contributed by atoms with Crippen molar-refractivity contribution in [3.8, 4) is 11.4 Å². The number of methoxy groups -OCH3 is 1. The number of ether oxygens (including phenoxy) is 1. The van der Waals surface area contributed by atoms with Crippen LogP contribution in [0.25, 0.3) is 5.69 Å². The number of aromatic nitrogens is 4. The SMILES string of the molecule is CC[C@H](NC(=O)c1cnn(-c2ccccc2OC)c1)c1ccnn1C. The fourth-order valence-corrected chi connectivity index (χ4v) is 2.74. The Kier molecular flexibility index (Phi) is 4.83. The summed E-state index contributed by atoms with van der Waals surface area (Å²) in [6, 6.07) is 9.33. The van der Waals surface area contributed by atoms with Crippen LogP contribution in [0.2, 0.25) is 0 Å². The summed E-state index contributed by atoms with van der Waals surface area (Å²) in [4.78, 5) is 12.6. The molecule has 1 atom stereocenters. The van der Waals surface area contributed by atoms with E-state index in [1.165, 1.54) is 0 Å². The van der Waals surface area contributed by atoms with E-state index >= 15 is 0 Å². The summed E-state index contributed by atoms with van der Waals surface area (Å²) >= 11 is 0. The summed E-state index contributed by atoms with van der Waals surface area (Å²) in [5.74, 6) is 0.521. The Morgan fingerprint density at radius 2 is 2.08 bits per heavy atom. The first-order chi connectivity index (χ1) is 12.1. The van der Waals surface area contributed by atoms with Crippen LogP contribution in [0.15, 0.2) is 48.9 Å². The first-order valence-corrected chi connectivity index (χ1v) is 8.10. The Morgan fingerprint density at radius 3 is 2.76 bits per heavy atom. The molecule has 3 rings (SSSR count). The third-order valence-electron chi connectivity index (χ3n) is 4.11. The maximum atomic E-state index is 12.6. The van der Waals surface area contributed by atoms with Gasteiger partial charge < -0.3 is 10.1 Å². The average Bonchev–Trinajstić information content (AvgIpc) is 3.29. The van der Waals surface area contributed by atoms with Crippen LogP contribution >= 0.6 is 0 Å². The average molecular weight is 339 g/mol. The number of amides is 1. The smallest absolute Gasteiger partial charge is 0.255 e. The molecule has 1 amide bonds. The van der Waals surface area contributed by atoms with Gasteiger partial charge in [0.05, 0.1) is 30.6 Å². The Bertz CT molecular complexity index is 868. The van der Waals surface area contributed by atoms with E-state index in [-0.39, 0.29) is 11.9 Å². The van der Waals surface area contributed by atoms with Crippen LogP contribution in [0.3, 0.4) is 0 Å². The van der Waals surface area contributed by atoms with Gasteiger partial charge >= 0.3 is 0 Å². The van der Waals surface area contributed by atoms with Crippen LogP contribution in [0.1, 0.15) is 35.4 Å². The zero-order valence-electron chi connectivity index (χ0n) is 14.5. The Hall–Kier alpha value is -3.09. The predicted molar refractivity (Wildman–Crippen MR) is 93.8 cm³/mol. The van der Waals surface area contributed by atoms with E-state index in [1.807, 2.05) is 44.3 Å². The lowest BCUT2D eigenvalue weighted by Crippen LogP contribution is -2.29. The van der Waals surface area contributed by atoms with E-state index in [0.29, 0.717) is 11.3 Å². The minimum Gasteiger partial charge on any atom is -0.494 e. The molecular weight excluding hydrogens is 318 g/mol. The minimum atomic E-state index is -0.172. The summed E-state index contributed by atoms with van der Waals surface area (Å²) < 4.78 is 8.75. The molecule has 0 spiro atoms. The monoisotopic (exact) mass is 339 g/mol. The third-order valence-corrected chi connectivity index (χ3v) is 4.11. The Morgan fingerprint density at radius 1 is 1.28 bits per heavy atom. The van der Waals surface area contributed by atoms with Crippen molar-refractivity contribution in [1.29, 1.82) is 0 Å². The Balaban J connectivity index is 1.80. The van der Waals surface area contributed by atoms with Crippen molar-refractivity contribution in [2.75, 3.05) is 7.11 Å². The second-order valence-corrected chi connectivity index (χ2v) is 5.66. The summed E-state index contributed by atoms with van der Waals surface area (Å²) in [5, 5.41) is 11.5. The Labute approximate surface area is 146 Å². The molecular formula is C18H21N5O2. The number of nitrogens with one attached hydrogen (secondary N) is 1. The molecule has 2 heterocycles. The summed E-state index contributed by atoms with van der Waals surface area (Å²) in [5.41, 5.74) is 2.24. The highest BCUT2D eigenvalue weighted by Gasteiger charge is 2.18. The van der Waals surface area contributed by atoms with Gasteiger partial charge in [-0.15, -0.1) is 0 Å². The molecule has 1 aromatic carbocycles. The minimum absolute atomic E-state index is 0.102. The molecule has 7 nitrogen and oxygen atoms in total. The molecule has 0 unspecified atom stereocenters. The van der Waals surface area contributed by atoms with Gasteiger partial charge in [-0.2, -0.15) is 10.2 Å². The summed E-state index contributed by atoms with van der Waals surface area (Å²) in [7, 11) is 3.47. The molecule has 0 saturated heterocycles. The number of rotatable bonds is 6. The normalized spacial score (nSPS) is 12.0. The standard InChI is InChI=1S/C18H21N5O2/c1-4-14(15-9-10-19-22(15)2)21-18(24)13-11-20-23(12-13)16-7-5-6-8-17(16)25-3/h5-12,14H,4H2,1-3H3,(H,21,24)/t14-/m0/s1. The molecule has 0 bridgehead atoms. The van der Waals surface area contributed by atoms with Gasteiger partial charge in [-0.1, -0.05) is 19.1 Å². The fourth-order valence-electron chi connectivity index (χ4n) is 2.74. The predicted octanol–water partition coefficient (Wildman–Crippen LogP) is 2.50. The van der Waals surface area contributed by atoms with Gasteiger partial charge in [-0.25, -0.2) is 4.68 Å². The zero-order valence-corrected chi connectivity index (χ0v) is 14.5. The van der Waals surface area contributed by atoms with Gasteiger partial charge in [0.25, 0.3) is 5.91 Å². The molecule has 0 aliphatic rings. The second-order valence-electron chi connectivity index (χ2n) is 5.66. The number of carbonyl (C=O) groups is 1. The van der Waals surface area contributed by atoms with E-state index in [2.05, 4.69) is 15.5 Å². The zero-order chi connectivity index (χ0) is 17.8. The van der Waals surface area contributed by atoms with E-state index in [1.54, 1.807) is 35.1 Å². The number of hydrogen-bond acceptors (Lipinski definition) is 4. The van der Waals surface area contributed by atoms with E-state index in [4.69, 9.17) is 4.74 Å². The van der Waals surface area contributed by atoms with Crippen molar-refractivity contribution < 1.29 is 9.53 Å². The van der Waals surface area contributed by atoms with Crippen molar-refractivity contribution in [3.63, 3.8) is 0 Å². The highest BCUT2D eigenvalue weighted by molar-refractivity contribution is 5.94. The van der Waals surface area contributed by atoms with Crippen LogP contribution in [0.4, 0.5) is 0 Å². The quantitative estimate of drug-likeness (QED) is 0.749. The van der Waals surface area contributed by atoms with Crippen molar-refractivity contribution in [2.45, 2.75) is 19.4 Å². The van der Waals surface area contributed by atoms with Crippen molar-refractivity contribution in [1.82, 2.24) is 24.9 Å². The lowest BCUT2D eigenvalue weighted by molar-refractivity contribution is 0.0934. The van der Waals surface area contributed by atoms with E-state index in [0.717, 1.165) is 17.8 Å². The first-order valence-electron chi connectivity index (χ1n) is 8.10. The first kappa shape index (κ1) is 16.8. The van der Waals surface area contributed by atoms with Crippen LogP contribution in [0, 0.1) is 0 Å². The van der Waals surface area contributed by atoms with Crippen molar-refractivity contribution in [3.05, 3.63) is 60.2 Å². The largest absolute Gasteiger partial charge is 0.494 e. The molecule has 0 fully saturated rings. The van der Waals surface area contributed by atoms with Gasteiger partial charge in [0.15, 0.2) is 0 Å². The van der Waals surface area contributed by atoms with Crippen LogP contribution in [-0.4, -0.2) is 32.6 Å². The maximum Gasteiger partial charge on any atom is 0.255 e. The van der Waals surface area contributed by atoms with Gasteiger partial charge in [-0.05, 0) is 24.6 Å². The lowest BCUT2D eigenvalue weighted by atomic mass is 10.1. The van der Waals surface area contributed by atoms with Crippen molar-refractivity contribution in [2.24, 2.45) is 7.05 Å². The molecule has 1 N–H and O–H groups in total. The van der Waals surface area contributed by atoms with Gasteiger partial charge in [0.2, 0.25) is 0 Å². The van der Waals surface area contributed by atoms with Gasteiger partial charge in [0, 0.05) is 19.4 Å². The molecule has 0 saturated carbocycles. The number of benzene rings is 1. The summed E-state index contributed by atoms with van der Waals surface area (Å²) in [6.45, 7) is 2.02. The van der Waals surface area contributed by atoms with Gasteiger partial charge in [-0.3, -0.25) is 9.48 Å². The van der Waals surface area contributed by atoms with Crippen LogP contribution < -0.4 is 10.1 Å². The molecule has 0 aliphatic carbocycles. The molecule has 2 aromatic heterocycles. The maximum absolute atomic E-state index is 12.6. The number of aryl methyl sites for hydroxylation is 1. The topological polar surface area (TPSA) is 74.0 Å². The second kappa shape index (κ2) is 7.21. The lowest BCUT2D eigenvalue weighted by Gasteiger charge is -2.16. The molecule has 0 aliphatic heterocycles. The van der Waals surface area contributed by atoms with E-state index < -0.39 is 0 Å². The van der Waals surface area contributed by atoms with E-state index in [9.17, 15) is 4.79 Å². The molecule has 7 heteroatoms. The molecule has 3 aromatic rings. The van der Waals surface area contributed by atoms with Crippen molar-refractivity contribution >= 4 is 5.91 Å². The molecule has 0 radical (unpaired) electrons. The number of para-hydroxylation sites is 2. The van der Waals surface area contributed by atoms with Gasteiger partial charge in [0.1, 0.15) is 11.4 Å². The molecule has 25 heavy (non-hydrogen) atoms. The highest BCUT2D eigenvalue weighted by atomic mass is 16.5. The summed E-state index contributed by atoms with van der Waals surface area (Å²) in [6.07, 6.45) is 5.75. The number of nitrogens with zero attached hydrogens (tertiary/aromatic N) is 4. The molecule has 130 valence electrons. The number of hydrogen-bond donors (Lipinski definition) is 1. The number of carbonyl (C=O) groups excluding carboxylic acids is 1. The highest BCUT2D eigenvalue weighted by Crippen LogP contribution is 2.22. The van der Waals surface area contributed by atoms with Crippen LogP contribution in [0.5, 0.6) is 5.75 Å².